The highest BCUT2D eigenvalue weighted by atomic mass is 15.2. The molecule has 1 N–H and O–H groups in total. The molecule has 4 nitrogen and oxygen atoms in total. The van der Waals surface area contributed by atoms with Gasteiger partial charge in [0.15, 0.2) is 0 Å². The van der Waals surface area contributed by atoms with Crippen molar-refractivity contribution >= 4 is 5.82 Å². The summed E-state index contributed by atoms with van der Waals surface area (Å²) in [6.45, 7) is 8.38. The maximum atomic E-state index is 4.73. The number of nitrogens with one attached hydrogen (secondary N) is 1. The molecule has 0 amide bonds. The van der Waals surface area contributed by atoms with Gasteiger partial charge in [0.1, 0.15) is 5.82 Å². The van der Waals surface area contributed by atoms with Crippen molar-refractivity contribution in [3.63, 3.8) is 0 Å². The molecule has 1 aliphatic carbocycles. The topological polar surface area (TPSA) is 41.1 Å². The van der Waals surface area contributed by atoms with E-state index in [-0.39, 0.29) is 0 Å². The van der Waals surface area contributed by atoms with Gasteiger partial charge < -0.3 is 10.2 Å². The average Bonchev–Trinajstić information content (AvgIpc) is 3.18. The quantitative estimate of drug-likeness (QED) is 0.804. The lowest BCUT2D eigenvalue weighted by Crippen LogP contribution is -2.28. The van der Waals surface area contributed by atoms with Crippen molar-refractivity contribution < 1.29 is 0 Å². The smallest absolute Gasteiger partial charge is 0.147 e. The van der Waals surface area contributed by atoms with Gasteiger partial charge >= 0.3 is 0 Å². The van der Waals surface area contributed by atoms with E-state index in [9.17, 15) is 0 Å². The number of hydrogen-bond donors (Lipinski definition) is 1. The van der Waals surface area contributed by atoms with Gasteiger partial charge in [0.05, 0.1) is 11.9 Å². The lowest BCUT2D eigenvalue weighted by Gasteiger charge is -2.23. The minimum atomic E-state index is 0.477. The second kappa shape index (κ2) is 6.14. The zero-order valence-corrected chi connectivity index (χ0v) is 11.7. The fraction of sp³-hybridized carbons (Fsp3) is 0.714. The van der Waals surface area contributed by atoms with Gasteiger partial charge in [-0.1, -0.05) is 20.8 Å². The zero-order valence-electron chi connectivity index (χ0n) is 11.7. The largest absolute Gasteiger partial charge is 0.352 e. The Morgan fingerprint density at radius 2 is 2.17 bits per heavy atom. The van der Waals surface area contributed by atoms with Crippen LogP contribution in [0.4, 0.5) is 5.82 Å². The molecule has 0 unspecified atom stereocenters. The van der Waals surface area contributed by atoms with E-state index in [2.05, 4.69) is 36.0 Å². The number of aromatic nitrogens is 2. The van der Waals surface area contributed by atoms with E-state index in [0.29, 0.717) is 12.1 Å². The van der Waals surface area contributed by atoms with Crippen LogP contribution < -0.4 is 10.2 Å². The summed E-state index contributed by atoms with van der Waals surface area (Å²) in [4.78, 5) is 11.5. The van der Waals surface area contributed by atoms with Gasteiger partial charge in [-0.2, -0.15) is 0 Å². The van der Waals surface area contributed by atoms with Crippen LogP contribution in [0, 0.1) is 0 Å². The van der Waals surface area contributed by atoms with Crippen LogP contribution >= 0.6 is 0 Å². The molecule has 1 aliphatic rings. The molecule has 2 rings (SSSR count). The van der Waals surface area contributed by atoms with Crippen LogP contribution in [0.5, 0.6) is 0 Å². The fourth-order valence-corrected chi connectivity index (χ4v) is 2.04. The predicted octanol–water partition coefficient (Wildman–Crippen LogP) is 2.35. The summed E-state index contributed by atoms with van der Waals surface area (Å²) in [5.74, 6) is 1.04. The van der Waals surface area contributed by atoms with Gasteiger partial charge in [0, 0.05) is 31.4 Å². The van der Waals surface area contributed by atoms with Gasteiger partial charge in [-0.3, -0.25) is 4.98 Å². The van der Waals surface area contributed by atoms with E-state index in [1.807, 2.05) is 12.4 Å². The third kappa shape index (κ3) is 3.67. The maximum absolute atomic E-state index is 4.73. The molecule has 4 heteroatoms. The summed E-state index contributed by atoms with van der Waals surface area (Å²) in [5.41, 5.74) is 1.03. The Balaban J connectivity index is 2.04. The molecule has 1 aromatic heterocycles. The molecule has 1 fully saturated rings. The first kappa shape index (κ1) is 13.3. The van der Waals surface area contributed by atoms with Gasteiger partial charge in [-0.15, -0.1) is 0 Å². The summed E-state index contributed by atoms with van der Waals surface area (Å²) in [6.07, 6.45) is 7.52. The van der Waals surface area contributed by atoms with Crippen LogP contribution in [0.3, 0.4) is 0 Å². The Labute approximate surface area is 110 Å². The molecule has 1 aromatic rings. The Bertz CT molecular complexity index is 374. The molecule has 0 spiro atoms. The van der Waals surface area contributed by atoms with E-state index in [4.69, 9.17) is 4.98 Å². The lowest BCUT2D eigenvalue weighted by atomic mass is 10.3. The lowest BCUT2D eigenvalue weighted by molar-refractivity contribution is 0.579. The average molecular weight is 248 g/mol. The van der Waals surface area contributed by atoms with Crippen molar-refractivity contribution in [2.45, 2.75) is 58.7 Å². The molecule has 1 saturated carbocycles. The highest BCUT2D eigenvalue weighted by molar-refractivity contribution is 5.39. The summed E-state index contributed by atoms with van der Waals surface area (Å²) < 4.78 is 0. The fourth-order valence-electron chi connectivity index (χ4n) is 2.04. The minimum Gasteiger partial charge on any atom is -0.352 e. The monoisotopic (exact) mass is 248 g/mol. The molecule has 0 aliphatic heterocycles. The standard InChI is InChI=1S/C14H24N4/c1-4-7-18(13-5-6-13)14-10-15-8-12(17-14)9-16-11(2)3/h8,10-11,13,16H,4-7,9H2,1-3H3. The van der Waals surface area contributed by atoms with Gasteiger partial charge in [-0.05, 0) is 19.3 Å². The molecular formula is C14H24N4. The van der Waals surface area contributed by atoms with Crippen LogP contribution in [0.15, 0.2) is 12.4 Å². The van der Waals surface area contributed by atoms with E-state index >= 15 is 0 Å². The Morgan fingerprint density at radius 1 is 1.39 bits per heavy atom. The third-order valence-electron chi connectivity index (χ3n) is 3.11. The van der Waals surface area contributed by atoms with Crippen molar-refractivity contribution in [3.05, 3.63) is 18.1 Å². The summed E-state index contributed by atoms with van der Waals surface area (Å²) >= 11 is 0. The first-order valence-electron chi connectivity index (χ1n) is 7.01. The Hall–Kier alpha value is -1.16. The molecule has 0 radical (unpaired) electrons. The van der Waals surface area contributed by atoms with Crippen molar-refractivity contribution in [2.75, 3.05) is 11.4 Å². The zero-order chi connectivity index (χ0) is 13.0. The number of nitrogens with zero attached hydrogens (tertiary/aromatic N) is 3. The van der Waals surface area contributed by atoms with Crippen molar-refractivity contribution in [1.29, 1.82) is 0 Å². The van der Waals surface area contributed by atoms with E-state index < -0.39 is 0 Å². The molecule has 0 bridgehead atoms. The Morgan fingerprint density at radius 3 is 2.78 bits per heavy atom. The van der Waals surface area contributed by atoms with E-state index in [1.165, 1.54) is 12.8 Å². The van der Waals surface area contributed by atoms with E-state index in [0.717, 1.165) is 31.0 Å². The molecule has 1 heterocycles. The third-order valence-corrected chi connectivity index (χ3v) is 3.11. The second-order valence-electron chi connectivity index (χ2n) is 5.33. The second-order valence-corrected chi connectivity index (χ2v) is 5.33. The number of anilines is 1. The van der Waals surface area contributed by atoms with Crippen molar-refractivity contribution in [3.8, 4) is 0 Å². The van der Waals surface area contributed by atoms with Crippen molar-refractivity contribution in [2.24, 2.45) is 0 Å². The van der Waals surface area contributed by atoms with Gasteiger partial charge in [0.25, 0.3) is 0 Å². The SMILES string of the molecule is CCCN(c1cncc(CNC(C)C)n1)C1CC1. The van der Waals surface area contributed by atoms with Crippen LogP contribution in [-0.4, -0.2) is 28.6 Å². The van der Waals surface area contributed by atoms with Crippen LogP contribution in [-0.2, 0) is 6.54 Å². The summed E-state index contributed by atoms with van der Waals surface area (Å²) in [7, 11) is 0. The predicted molar refractivity (Wildman–Crippen MR) is 74.7 cm³/mol. The van der Waals surface area contributed by atoms with Crippen LogP contribution in [0.25, 0.3) is 0 Å². The van der Waals surface area contributed by atoms with Gasteiger partial charge in [0.2, 0.25) is 0 Å². The Kier molecular flexibility index (Phi) is 4.53. The molecule has 100 valence electrons. The highest BCUT2D eigenvalue weighted by Crippen LogP contribution is 2.30. The summed E-state index contributed by atoms with van der Waals surface area (Å²) in [5, 5.41) is 3.38. The van der Waals surface area contributed by atoms with Crippen LogP contribution in [0.1, 0.15) is 45.7 Å². The highest BCUT2D eigenvalue weighted by Gasteiger charge is 2.29. The van der Waals surface area contributed by atoms with E-state index in [1.54, 1.807) is 0 Å². The van der Waals surface area contributed by atoms with Crippen molar-refractivity contribution in [1.82, 2.24) is 15.3 Å². The van der Waals surface area contributed by atoms with Crippen LogP contribution in [0.2, 0.25) is 0 Å². The number of hydrogen-bond acceptors (Lipinski definition) is 4. The van der Waals surface area contributed by atoms with Gasteiger partial charge in [-0.25, -0.2) is 4.98 Å². The molecule has 0 atom stereocenters. The molecule has 18 heavy (non-hydrogen) atoms. The first-order valence-corrected chi connectivity index (χ1v) is 7.01. The molecular weight excluding hydrogens is 224 g/mol. The first-order chi connectivity index (χ1) is 8.70. The normalized spacial score (nSPS) is 15.1. The molecule has 0 saturated heterocycles. The maximum Gasteiger partial charge on any atom is 0.147 e. The summed E-state index contributed by atoms with van der Waals surface area (Å²) in [6, 6.07) is 1.18. The minimum absolute atomic E-state index is 0.477. The molecule has 0 aromatic carbocycles. The number of rotatable bonds is 7.